The van der Waals surface area contributed by atoms with Gasteiger partial charge in [-0.25, -0.2) is 0 Å². The normalized spacial score (nSPS) is 29.1. The average Bonchev–Trinajstić information content (AvgIpc) is 2.54. The van der Waals surface area contributed by atoms with E-state index in [0.717, 1.165) is 6.54 Å². The summed E-state index contributed by atoms with van der Waals surface area (Å²) in [6, 6.07) is 2.26. The monoisotopic (exact) mass is 259 g/mol. The van der Waals surface area contributed by atoms with Crippen molar-refractivity contribution in [1.29, 1.82) is 0 Å². The first-order valence-corrected chi connectivity index (χ1v) is 6.33. The Balaban J connectivity index is 2.22. The van der Waals surface area contributed by atoms with Crippen molar-refractivity contribution in [2.24, 2.45) is 0 Å². The van der Waals surface area contributed by atoms with Crippen LogP contribution in [0.1, 0.15) is 24.6 Å². The molecule has 1 aliphatic heterocycles. The van der Waals surface area contributed by atoms with Gasteiger partial charge in [0.2, 0.25) is 0 Å². The Bertz CT molecular complexity index is 289. The third-order valence-corrected chi connectivity index (χ3v) is 4.76. The highest BCUT2D eigenvalue weighted by Gasteiger charge is 2.29. The molecule has 2 rings (SSSR count). The molecule has 0 amide bonds. The lowest BCUT2D eigenvalue weighted by Gasteiger charge is -2.33. The molecule has 13 heavy (non-hydrogen) atoms. The fourth-order valence-corrected chi connectivity index (χ4v) is 3.52. The summed E-state index contributed by atoms with van der Waals surface area (Å²) in [6.45, 7) is 4.67. The molecule has 1 saturated heterocycles. The Labute approximate surface area is 91.7 Å². The fraction of sp³-hybridized carbons (Fsp3) is 0.600. The lowest BCUT2D eigenvalue weighted by Crippen LogP contribution is -2.40. The van der Waals surface area contributed by atoms with E-state index in [-0.39, 0.29) is 0 Å². The molecule has 0 radical (unpaired) electrons. The molecule has 1 aromatic heterocycles. The molecule has 0 bridgehead atoms. The van der Waals surface area contributed by atoms with E-state index in [1.807, 2.05) is 11.3 Å². The molecule has 1 unspecified atom stereocenters. The minimum Gasteiger partial charge on any atom is -0.316 e. The Hall–Kier alpha value is 0.140. The van der Waals surface area contributed by atoms with Crippen LogP contribution in [-0.4, -0.2) is 13.1 Å². The molecule has 1 nitrogen and oxygen atoms in total. The van der Waals surface area contributed by atoms with Crippen LogP contribution in [0.15, 0.2) is 15.9 Å². The van der Waals surface area contributed by atoms with Crippen molar-refractivity contribution in [2.45, 2.75) is 25.2 Å². The average molecular weight is 260 g/mol. The van der Waals surface area contributed by atoms with Gasteiger partial charge in [-0.3, -0.25) is 0 Å². The van der Waals surface area contributed by atoms with Gasteiger partial charge in [-0.2, -0.15) is 0 Å². The van der Waals surface area contributed by atoms with Crippen LogP contribution in [0.2, 0.25) is 0 Å². The van der Waals surface area contributed by atoms with Gasteiger partial charge in [0.25, 0.3) is 0 Å². The Morgan fingerprint density at radius 1 is 1.62 bits per heavy atom. The Morgan fingerprint density at radius 3 is 3.00 bits per heavy atom. The molecule has 0 saturated carbocycles. The maximum atomic E-state index is 3.51. The number of rotatable bonds is 1. The molecule has 1 atom stereocenters. The SMILES string of the molecule is CC1(c2cc(Br)cs2)CCCNC1. The van der Waals surface area contributed by atoms with E-state index in [9.17, 15) is 0 Å². The number of piperidine rings is 1. The van der Waals surface area contributed by atoms with E-state index >= 15 is 0 Å². The zero-order valence-electron chi connectivity index (χ0n) is 7.77. The van der Waals surface area contributed by atoms with Crippen LogP contribution in [0.4, 0.5) is 0 Å². The topological polar surface area (TPSA) is 12.0 Å². The number of thiophene rings is 1. The molecule has 0 aromatic carbocycles. The zero-order chi connectivity index (χ0) is 9.31. The molecule has 1 aliphatic rings. The minimum absolute atomic E-state index is 0.370. The van der Waals surface area contributed by atoms with Gasteiger partial charge in [0.05, 0.1) is 0 Å². The second-order valence-corrected chi connectivity index (χ2v) is 5.80. The Morgan fingerprint density at radius 2 is 2.46 bits per heavy atom. The van der Waals surface area contributed by atoms with Crippen molar-refractivity contribution in [3.8, 4) is 0 Å². The van der Waals surface area contributed by atoms with Crippen LogP contribution in [0.5, 0.6) is 0 Å². The van der Waals surface area contributed by atoms with Crippen molar-refractivity contribution in [3.63, 3.8) is 0 Å². The third-order valence-electron chi connectivity index (χ3n) is 2.76. The molecule has 2 heterocycles. The van der Waals surface area contributed by atoms with Gasteiger partial charge >= 0.3 is 0 Å². The van der Waals surface area contributed by atoms with Crippen LogP contribution in [0, 0.1) is 0 Å². The van der Waals surface area contributed by atoms with Gasteiger partial charge in [0.15, 0.2) is 0 Å². The predicted molar refractivity (Wildman–Crippen MR) is 61.5 cm³/mol. The molecule has 1 N–H and O–H groups in total. The summed E-state index contributed by atoms with van der Waals surface area (Å²) < 4.78 is 1.22. The second kappa shape index (κ2) is 3.71. The highest BCUT2D eigenvalue weighted by Crippen LogP contribution is 2.36. The standard InChI is InChI=1S/C10H14BrNS/c1-10(3-2-4-12-7-10)9-5-8(11)6-13-9/h5-6,12H,2-4,7H2,1H3. The molecule has 3 heteroatoms. The lowest BCUT2D eigenvalue weighted by molar-refractivity contribution is 0.345. The van der Waals surface area contributed by atoms with Gasteiger partial charge in [-0.05, 0) is 41.4 Å². The molecule has 0 aliphatic carbocycles. The first-order chi connectivity index (χ1) is 6.21. The van der Waals surface area contributed by atoms with Crippen molar-refractivity contribution in [1.82, 2.24) is 5.32 Å². The maximum absolute atomic E-state index is 3.51. The van der Waals surface area contributed by atoms with Gasteiger partial charge < -0.3 is 5.32 Å². The summed E-state index contributed by atoms with van der Waals surface area (Å²) in [5.74, 6) is 0. The summed E-state index contributed by atoms with van der Waals surface area (Å²) in [7, 11) is 0. The summed E-state index contributed by atoms with van der Waals surface area (Å²) in [5, 5.41) is 5.65. The van der Waals surface area contributed by atoms with Crippen LogP contribution < -0.4 is 5.32 Å². The summed E-state index contributed by atoms with van der Waals surface area (Å²) in [4.78, 5) is 1.51. The van der Waals surface area contributed by atoms with E-state index in [1.54, 1.807) is 0 Å². The first-order valence-electron chi connectivity index (χ1n) is 4.66. The minimum atomic E-state index is 0.370. The maximum Gasteiger partial charge on any atom is 0.0285 e. The quantitative estimate of drug-likeness (QED) is 0.817. The van der Waals surface area contributed by atoms with Crippen LogP contribution in [0.3, 0.4) is 0 Å². The molecular weight excluding hydrogens is 246 g/mol. The molecule has 0 spiro atoms. The van der Waals surface area contributed by atoms with E-state index in [1.165, 1.54) is 28.7 Å². The third kappa shape index (κ3) is 1.97. The smallest absolute Gasteiger partial charge is 0.0285 e. The molecule has 72 valence electrons. The van der Waals surface area contributed by atoms with Crippen molar-refractivity contribution >= 4 is 27.3 Å². The van der Waals surface area contributed by atoms with Crippen molar-refractivity contribution < 1.29 is 0 Å². The molecular formula is C10H14BrNS. The van der Waals surface area contributed by atoms with Gasteiger partial charge in [0.1, 0.15) is 0 Å². The van der Waals surface area contributed by atoms with Crippen molar-refractivity contribution in [3.05, 3.63) is 20.8 Å². The van der Waals surface area contributed by atoms with Gasteiger partial charge in [0, 0.05) is 26.7 Å². The van der Waals surface area contributed by atoms with E-state index in [2.05, 4.69) is 39.6 Å². The van der Waals surface area contributed by atoms with Crippen molar-refractivity contribution in [2.75, 3.05) is 13.1 Å². The molecule has 1 fully saturated rings. The largest absolute Gasteiger partial charge is 0.316 e. The molecule has 1 aromatic rings. The highest BCUT2D eigenvalue weighted by atomic mass is 79.9. The number of hydrogen-bond acceptors (Lipinski definition) is 2. The van der Waals surface area contributed by atoms with Gasteiger partial charge in [-0.15, -0.1) is 11.3 Å². The van der Waals surface area contributed by atoms with Gasteiger partial charge in [-0.1, -0.05) is 6.92 Å². The van der Waals surface area contributed by atoms with E-state index < -0.39 is 0 Å². The van der Waals surface area contributed by atoms with Crippen LogP contribution in [0.25, 0.3) is 0 Å². The predicted octanol–water partition coefficient (Wildman–Crippen LogP) is 3.15. The summed E-state index contributed by atoms with van der Waals surface area (Å²) in [5.41, 5.74) is 0.370. The lowest BCUT2D eigenvalue weighted by atomic mass is 9.81. The summed E-state index contributed by atoms with van der Waals surface area (Å²) in [6.07, 6.45) is 2.61. The number of hydrogen-bond donors (Lipinski definition) is 1. The summed E-state index contributed by atoms with van der Waals surface area (Å²) >= 11 is 5.38. The second-order valence-electron chi connectivity index (χ2n) is 3.97. The van der Waals surface area contributed by atoms with Crippen LogP contribution >= 0.6 is 27.3 Å². The first kappa shape index (κ1) is 9.69. The van der Waals surface area contributed by atoms with E-state index in [0.29, 0.717) is 5.41 Å². The van der Waals surface area contributed by atoms with Crippen LogP contribution in [-0.2, 0) is 5.41 Å². The fourth-order valence-electron chi connectivity index (χ4n) is 1.90. The van der Waals surface area contributed by atoms with E-state index in [4.69, 9.17) is 0 Å². The Kier molecular flexibility index (Phi) is 2.77. The number of nitrogens with one attached hydrogen (secondary N) is 1. The zero-order valence-corrected chi connectivity index (χ0v) is 10.2. The highest BCUT2D eigenvalue weighted by molar-refractivity contribution is 9.10. The number of halogens is 1.